The van der Waals surface area contributed by atoms with E-state index in [-0.39, 0.29) is 0 Å². The van der Waals surface area contributed by atoms with Crippen molar-refractivity contribution in [3.8, 4) is 6.07 Å². The smallest absolute Gasteiger partial charge is 0.130 e. The molecule has 1 aromatic carbocycles. The van der Waals surface area contributed by atoms with E-state index in [0.717, 1.165) is 42.0 Å². The van der Waals surface area contributed by atoms with Crippen LogP contribution in [0.5, 0.6) is 0 Å². The maximum atomic E-state index is 9.40. The summed E-state index contributed by atoms with van der Waals surface area (Å²) in [5.74, 6) is 2.03. The second-order valence-corrected chi connectivity index (χ2v) is 7.80. The fourth-order valence-electron chi connectivity index (χ4n) is 2.67. The van der Waals surface area contributed by atoms with Crippen molar-refractivity contribution in [2.24, 2.45) is 0 Å². The van der Waals surface area contributed by atoms with Crippen LogP contribution in [0.3, 0.4) is 0 Å². The Morgan fingerprint density at radius 1 is 1.29 bits per heavy atom. The van der Waals surface area contributed by atoms with Crippen molar-refractivity contribution >= 4 is 28.5 Å². The quantitative estimate of drug-likeness (QED) is 0.802. The number of rotatable bonds is 1. The van der Waals surface area contributed by atoms with E-state index in [1.807, 2.05) is 42.1 Å². The molecule has 0 radical (unpaired) electrons. The van der Waals surface area contributed by atoms with Crippen LogP contribution in [-0.4, -0.2) is 28.6 Å². The Labute approximate surface area is 130 Å². The first-order chi connectivity index (χ1) is 10.1. The molecule has 3 rings (SSSR count). The second-order valence-electron chi connectivity index (χ2n) is 6.00. The van der Waals surface area contributed by atoms with E-state index in [0.29, 0.717) is 10.3 Å². The van der Waals surface area contributed by atoms with Crippen molar-refractivity contribution < 1.29 is 0 Å². The van der Waals surface area contributed by atoms with E-state index in [1.54, 1.807) is 0 Å². The number of hydrogen-bond donors (Lipinski definition) is 0. The molecule has 0 amide bonds. The second kappa shape index (κ2) is 5.57. The summed E-state index contributed by atoms with van der Waals surface area (Å²) < 4.78 is 0.323. The molecule has 0 bridgehead atoms. The lowest BCUT2D eigenvalue weighted by molar-refractivity contribution is 0.635. The van der Waals surface area contributed by atoms with Crippen molar-refractivity contribution in [2.75, 3.05) is 23.7 Å². The zero-order valence-corrected chi connectivity index (χ0v) is 13.3. The summed E-state index contributed by atoms with van der Waals surface area (Å²) in [6.07, 6.45) is 1.13. The molecule has 0 aliphatic carbocycles. The highest BCUT2D eigenvalue weighted by atomic mass is 32.2. The number of nitrogens with zero attached hydrogens (tertiary/aromatic N) is 3. The van der Waals surface area contributed by atoms with Crippen LogP contribution in [0.15, 0.2) is 30.3 Å². The van der Waals surface area contributed by atoms with E-state index >= 15 is 0 Å². The van der Waals surface area contributed by atoms with Gasteiger partial charge in [0.05, 0.1) is 17.1 Å². The maximum Gasteiger partial charge on any atom is 0.130 e. The monoisotopic (exact) mass is 297 g/mol. The molecular weight excluding hydrogens is 278 g/mol. The van der Waals surface area contributed by atoms with Crippen LogP contribution in [0, 0.1) is 11.3 Å². The summed E-state index contributed by atoms with van der Waals surface area (Å²) in [5.41, 5.74) is 1.62. The average molecular weight is 297 g/mol. The van der Waals surface area contributed by atoms with Gasteiger partial charge in [0.25, 0.3) is 0 Å². The van der Waals surface area contributed by atoms with E-state index in [2.05, 4.69) is 24.8 Å². The van der Waals surface area contributed by atoms with Crippen LogP contribution in [0.4, 0.5) is 5.82 Å². The first kappa shape index (κ1) is 14.2. The number of hydrogen-bond acceptors (Lipinski definition) is 4. The molecule has 2 heterocycles. The van der Waals surface area contributed by atoms with E-state index in [4.69, 9.17) is 4.98 Å². The molecule has 1 aliphatic heterocycles. The molecule has 0 atom stereocenters. The van der Waals surface area contributed by atoms with Gasteiger partial charge in [-0.25, -0.2) is 4.98 Å². The maximum absolute atomic E-state index is 9.40. The number of aromatic nitrogens is 1. The van der Waals surface area contributed by atoms with Gasteiger partial charge in [-0.2, -0.15) is 17.0 Å². The van der Waals surface area contributed by atoms with Crippen LogP contribution in [0.1, 0.15) is 25.8 Å². The lowest BCUT2D eigenvalue weighted by Gasteiger charge is -2.23. The largest absolute Gasteiger partial charge is 0.356 e. The Morgan fingerprint density at radius 2 is 2.10 bits per heavy atom. The van der Waals surface area contributed by atoms with Gasteiger partial charge in [-0.3, -0.25) is 0 Å². The molecule has 1 fully saturated rings. The standard InChI is InChI=1S/C17H19N3S/c1-17(2)7-8-20(9-10-21-17)16-11-13(12-18)14-5-3-4-6-15(14)19-16/h3-6,11H,7-10H2,1-2H3. The minimum atomic E-state index is 0.323. The van der Waals surface area contributed by atoms with Crippen molar-refractivity contribution in [1.82, 2.24) is 4.98 Å². The zero-order chi connectivity index (χ0) is 14.9. The molecule has 3 nitrogen and oxygen atoms in total. The SMILES string of the molecule is CC1(C)CCN(c2cc(C#N)c3ccccc3n2)CCS1. The zero-order valence-electron chi connectivity index (χ0n) is 12.5. The number of fused-ring (bicyclic) bond motifs is 1. The molecule has 1 aliphatic rings. The minimum Gasteiger partial charge on any atom is -0.356 e. The predicted octanol–water partition coefficient (Wildman–Crippen LogP) is 3.83. The molecule has 2 aromatic rings. The van der Waals surface area contributed by atoms with Crippen molar-refractivity contribution in [2.45, 2.75) is 25.0 Å². The molecule has 0 saturated carbocycles. The Balaban J connectivity index is 1.99. The molecule has 4 heteroatoms. The lowest BCUT2D eigenvalue weighted by atomic mass is 10.1. The normalized spacial score (nSPS) is 18.2. The highest BCUT2D eigenvalue weighted by Gasteiger charge is 2.24. The highest BCUT2D eigenvalue weighted by Crippen LogP contribution is 2.32. The number of para-hydroxylation sites is 1. The summed E-state index contributed by atoms with van der Waals surface area (Å²) in [5, 5.41) is 10.3. The number of thioether (sulfide) groups is 1. The summed E-state index contributed by atoms with van der Waals surface area (Å²) in [6, 6.07) is 12.1. The Morgan fingerprint density at radius 3 is 2.90 bits per heavy atom. The van der Waals surface area contributed by atoms with Crippen LogP contribution >= 0.6 is 11.8 Å². The number of pyridine rings is 1. The molecular formula is C17H19N3S. The van der Waals surface area contributed by atoms with Gasteiger partial charge >= 0.3 is 0 Å². The molecule has 1 aromatic heterocycles. The van der Waals surface area contributed by atoms with E-state index < -0.39 is 0 Å². The molecule has 108 valence electrons. The first-order valence-corrected chi connectivity index (χ1v) is 8.26. The number of benzene rings is 1. The molecule has 21 heavy (non-hydrogen) atoms. The number of nitriles is 1. The van der Waals surface area contributed by atoms with Gasteiger partial charge in [0, 0.05) is 29.0 Å². The Bertz CT molecular complexity index is 703. The fourth-order valence-corrected chi connectivity index (χ4v) is 3.77. The molecule has 0 spiro atoms. The first-order valence-electron chi connectivity index (χ1n) is 7.28. The van der Waals surface area contributed by atoms with Gasteiger partial charge in [-0.15, -0.1) is 0 Å². The molecule has 0 N–H and O–H groups in total. The average Bonchev–Trinajstić information content (AvgIpc) is 2.67. The van der Waals surface area contributed by atoms with Gasteiger partial charge in [-0.05, 0) is 18.6 Å². The third-order valence-corrected chi connectivity index (χ3v) is 5.36. The van der Waals surface area contributed by atoms with Crippen LogP contribution in [-0.2, 0) is 0 Å². The molecule has 1 saturated heterocycles. The third-order valence-electron chi connectivity index (χ3n) is 3.98. The predicted molar refractivity (Wildman–Crippen MR) is 89.8 cm³/mol. The minimum absolute atomic E-state index is 0.323. The van der Waals surface area contributed by atoms with Crippen molar-refractivity contribution in [1.29, 1.82) is 5.26 Å². The third kappa shape index (κ3) is 2.98. The Kier molecular flexibility index (Phi) is 3.77. The summed E-state index contributed by atoms with van der Waals surface area (Å²) >= 11 is 2.02. The summed E-state index contributed by atoms with van der Waals surface area (Å²) in [4.78, 5) is 7.08. The van der Waals surface area contributed by atoms with Crippen LogP contribution in [0.2, 0.25) is 0 Å². The van der Waals surface area contributed by atoms with Gasteiger partial charge in [-0.1, -0.05) is 32.0 Å². The lowest BCUT2D eigenvalue weighted by Crippen LogP contribution is -2.27. The van der Waals surface area contributed by atoms with Gasteiger partial charge in [0.2, 0.25) is 0 Å². The summed E-state index contributed by atoms with van der Waals surface area (Å²) in [6.45, 7) is 6.59. The topological polar surface area (TPSA) is 39.9 Å². The number of anilines is 1. The summed E-state index contributed by atoms with van der Waals surface area (Å²) in [7, 11) is 0. The van der Waals surface area contributed by atoms with Crippen molar-refractivity contribution in [3.63, 3.8) is 0 Å². The van der Waals surface area contributed by atoms with Crippen molar-refractivity contribution in [3.05, 3.63) is 35.9 Å². The van der Waals surface area contributed by atoms with Gasteiger partial charge < -0.3 is 4.90 Å². The van der Waals surface area contributed by atoms with E-state index in [1.165, 1.54) is 0 Å². The highest BCUT2D eigenvalue weighted by molar-refractivity contribution is 8.00. The molecule has 0 unspecified atom stereocenters. The van der Waals surface area contributed by atoms with Crippen LogP contribution < -0.4 is 4.90 Å². The fraction of sp³-hybridized carbons (Fsp3) is 0.412. The van der Waals surface area contributed by atoms with Crippen LogP contribution in [0.25, 0.3) is 10.9 Å². The Hall–Kier alpha value is -1.73. The van der Waals surface area contributed by atoms with Gasteiger partial charge in [0.15, 0.2) is 0 Å². The van der Waals surface area contributed by atoms with E-state index in [9.17, 15) is 5.26 Å². The van der Waals surface area contributed by atoms with Gasteiger partial charge in [0.1, 0.15) is 5.82 Å².